The Morgan fingerprint density at radius 3 is 2.41 bits per heavy atom. The molecule has 0 spiro atoms. The quantitative estimate of drug-likeness (QED) is 0.567. The van der Waals surface area contributed by atoms with Crippen molar-refractivity contribution in [1.29, 1.82) is 0 Å². The third-order valence-corrected chi connectivity index (χ3v) is 9.13. The van der Waals surface area contributed by atoms with E-state index < -0.39 is 0 Å². The third kappa shape index (κ3) is 1.80. The van der Waals surface area contributed by atoms with Gasteiger partial charge in [0.25, 0.3) is 0 Å². The van der Waals surface area contributed by atoms with Crippen LogP contribution < -0.4 is 0 Å². The van der Waals surface area contributed by atoms with E-state index in [1.54, 1.807) is 0 Å². The molecule has 4 saturated carbocycles. The minimum Gasteiger partial charge on any atom is -0.299 e. The van der Waals surface area contributed by atoms with Crippen molar-refractivity contribution in [1.82, 2.24) is 0 Å². The van der Waals surface area contributed by atoms with Gasteiger partial charge in [0.1, 0.15) is 5.78 Å². The second-order valence-electron chi connectivity index (χ2n) is 10.2. The van der Waals surface area contributed by atoms with E-state index in [0.717, 1.165) is 24.2 Å². The van der Waals surface area contributed by atoms with E-state index in [1.165, 1.54) is 51.4 Å². The molecule has 0 N–H and O–H groups in total. The van der Waals surface area contributed by atoms with Crippen LogP contribution in [-0.4, -0.2) is 5.78 Å². The maximum Gasteiger partial charge on any atom is 0.138 e. The number of rotatable bonds is 0. The molecule has 0 aromatic carbocycles. The molecule has 1 heteroatoms. The molecule has 0 aliphatic heterocycles. The highest BCUT2D eigenvalue weighted by atomic mass is 16.1. The van der Waals surface area contributed by atoms with Crippen molar-refractivity contribution < 1.29 is 4.79 Å². The first-order valence-electron chi connectivity index (χ1n) is 9.82. The van der Waals surface area contributed by atoms with Crippen LogP contribution in [-0.2, 0) is 4.79 Å². The van der Waals surface area contributed by atoms with Gasteiger partial charge < -0.3 is 0 Å². The maximum atomic E-state index is 12.5. The van der Waals surface area contributed by atoms with Crippen LogP contribution >= 0.6 is 0 Å². The zero-order valence-corrected chi connectivity index (χ0v) is 15.1. The Balaban J connectivity index is 1.68. The number of ketones is 1. The fourth-order valence-electron chi connectivity index (χ4n) is 7.89. The molecular formula is C21H34O. The van der Waals surface area contributed by atoms with E-state index in [4.69, 9.17) is 0 Å². The Labute approximate surface area is 136 Å². The van der Waals surface area contributed by atoms with Crippen molar-refractivity contribution >= 4 is 5.78 Å². The van der Waals surface area contributed by atoms with Crippen molar-refractivity contribution in [3.05, 3.63) is 0 Å². The van der Waals surface area contributed by atoms with Crippen LogP contribution in [0.15, 0.2) is 0 Å². The third-order valence-electron chi connectivity index (χ3n) is 9.13. The molecular weight excluding hydrogens is 268 g/mol. The molecule has 22 heavy (non-hydrogen) atoms. The Morgan fingerprint density at radius 1 is 0.864 bits per heavy atom. The van der Waals surface area contributed by atoms with E-state index in [-0.39, 0.29) is 5.41 Å². The average Bonchev–Trinajstić information content (AvgIpc) is 2.85. The van der Waals surface area contributed by atoms with E-state index in [0.29, 0.717) is 22.5 Å². The Hall–Kier alpha value is -0.330. The Morgan fingerprint density at radius 2 is 1.64 bits per heavy atom. The van der Waals surface area contributed by atoms with Gasteiger partial charge in [-0.1, -0.05) is 34.1 Å². The van der Waals surface area contributed by atoms with Gasteiger partial charge in [-0.2, -0.15) is 0 Å². The summed E-state index contributed by atoms with van der Waals surface area (Å²) in [5, 5.41) is 0. The highest BCUT2D eigenvalue weighted by Gasteiger charge is 2.61. The first kappa shape index (κ1) is 15.2. The standard InChI is InChI=1S/C21H34O/c1-19(2)17-8-7-14-15-6-5-11-20(15,3)12-9-16(14)21(17,4)13-10-18(19)22/h14-17H,5-13H2,1-4H3/t14-,15+,16+,17-,20+,21-/m0/s1. The van der Waals surface area contributed by atoms with Gasteiger partial charge in [0.05, 0.1) is 0 Å². The minimum atomic E-state index is -0.0750. The largest absolute Gasteiger partial charge is 0.299 e. The number of fused-ring (bicyclic) bond motifs is 5. The molecule has 0 radical (unpaired) electrons. The summed E-state index contributed by atoms with van der Waals surface area (Å²) in [7, 11) is 0. The first-order valence-corrected chi connectivity index (χ1v) is 9.82. The van der Waals surface area contributed by atoms with Crippen molar-refractivity contribution in [2.24, 2.45) is 39.9 Å². The van der Waals surface area contributed by atoms with Crippen molar-refractivity contribution in [2.45, 2.75) is 85.5 Å². The summed E-state index contributed by atoms with van der Waals surface area (Å²) in [6, 6.07) is 0. The molecule has 1 nitrogen and oxygen atoms in total. The van der Waals surface area contributed by atoms with Crippen LogP contribution in [0.4, 0.5) is 0 Å². The van der Waals surface area contributed by atoms with E-state index >= 15 is 0 Å². The molecule has 0 bridgehead atoms. The minimum absolute atomic E-state index is 0.0750. The lowest BCUT2D eigenvalue weighted by molar-refractivity contribution is -0.162. The monoisotopic (exact) mass is 302 g/mol. The molecule has 0 aromatic rings. The van der Waals surface area contributed by atoms with Crippen LogP contribution in [0.2, 0.25) is 0 Å². The molecule has 4 aliphatic rings. The van der Waals surface area contributed by atoms with E-state index in [2.05, 4.69) is 27.7 Å². The van der Waals surface area contributed by atoms with Crippen molar-refractivity contribution in [2.75, 3.05) is 0 Å². The zero-order chi connectivity index (χ0) is 15.8. The van der Waals surface area contributed by atoms with Gasteiger partial charge in [-0.25, -0.2) is 0 Å². The summed E-state index contributed by atoms with van der Waals surface area (Å²) in [5.74, 6) is 4.02. The van der Waals surface area contributed by atoms with Crippen LogP contribution in [0.1, 0.15) is 85.5 Å². The van der Waals surface area contributed by atoms with Gasteiger partial charge in [-0.05, 0) is 79.4 Å². The van der Waals surface area contributed by atoms with E-state index in [1.807, 2.05) is 0 Å². The molecule has 124 valence electrons. The van der Waals surface area contributed by atoms with Gasteiger partial charge in [0.2, 0.25) is 0 Å². The topological polar surface area (TPSA) is 17.1 Å². The maximum absolute atomic E-state index is 12.5. The van der Waals surface area contributed by atoms with Crippen molar-refractivity contribution in [3.63, 3.8) is 0 Å². The first-order chi connectivity index (χ1) is 10.3. The average molecular weight is 303 g/mol. The number of hydrogen-bond donors (Lipinski definition) is 0. The molecule has 4 aliphatic carbocycles. The SMILES string of the molecule is CC1(C)C(=O)CC[C@@]2(C)[C@@H]3CC[C@@]4(C)CCC[C@@H]4[C@@H]3CC[C@@H]12. The predicted octanol–water partition coefficient (Wildman–Crippen LogP) is 5.62. The van der Waals surface area contributed by atoms with Gasteiger partial charge in [-0.15, -0.1) is 0 Å². The molecule has 0 aromatic heterocycles. The van der Waals surface area contributed by atoms with Gasteiger partial charge in [0.15, 0.2) is 0 Å². The molecule has 0 heterocycles. The molecule has 4 fully saturated rings. The lowest BCUT2D eigenvalue weighted by atomic mass is 9.41. The van der Waals surface area contributed by atoms with Crippen LogP contribution in [0.5, 0.6) is 0 Å². The smallest absolute Gasteiger partial charge is 0.138 e. The van der Waals surface area contributed by atoms with Crippen LogP contribution in [0.3, 0.4) is 0 Å². The normalized spacial score (nSPS) is 53.5. The highest BCUT2D eigenvalue weighted by molar-refractivity contribution is 5.85. The van der Waals surface area contributed by atoms with Gasteiger partial charge >= 0.3 is 0 Å². The van der Waals surface area contributed by atoms with E-state index in [9.17, 15) is 4.79 Å². The molecule has 0 saturated heterocycles. The fraction of sp³-hybridized carbons (Fsp3) is 0.952. The number of carbonyl (C=O) groups excluding carboxylic acids is 1. The van der Waals surface area contributed by atoms with Gasteiger partial charge in [-0.3, -0.25) is 4.79 Å². The molecule has 0 amide bonds. The Bertz CT molecular complexity index is 492. The summed E-state index contributed by atoms with van der Waals surface area (Å²) >= 11 is 0. The zero-order valence-electron chi connectivity index (χ0n) is 15.1. The molecule has 6 atom stereocenters. The van der Waals surface area contributed by atoms with Crippen LogP contribution in [0.25, 0.3) is 0 Å². The molecule has 0 unspecified atom stereocenters. The van der Waals surface area contributed by atoms with Crippen molar-refractivity contribution in [3.8, 4) is 0 Å². The highest BCUT2D eigenvalue weighted by Crippen LogP contribution is 2.68. The summed E-state index contributed by atoms with van der Waals surface area (Å²) in [5.41, 5.74) is 1.02. The lowest BCUT2D eigenvalue weighted by Gasteiger charge is -2.62. The fourth-order valence-corrected chi connectivity index (χ4v) is 7.89. The summed E-state index contributed by atoms with van der Waals surface area (Å²) in [4.78, 5) is 12.5. The van der Waals surface area contributed by atoms with Crippen LogP contribution in [0, 0.1) is 39.9 Å². The summed E-state index contributed by atoms with van der Waals surface area (Å²) in [6.07, 6.45) is 12.0. The molecule has 4 rings (SSSR count). The summed E-state index contributed by atoms with van der Waals surface area (Å²) in [6.45, 7) is 9.66. The number of Topliss-reactive ketones (excluding diaryl/α,β-unsaturated/α-hetero) is 1. The second-order valence-corrected chi connectivity index (χ2v) is 10.2. The number of carbonyl (C=O) groups is 1. The predicted molar refractivity (Wildman–Crippen MR) is 90.5 cm³/mol. The lowest BCUT2D eigenvalue weighted by Crippen LogP contribution is -2.57. The second kappa shape index (κ2) is 4.61. The van der Waals surface area contributed by atoms with Gasteiger partial charge in [0, 0.05) is 11.8 Å². The summed E-state index contributed by atoms with van der Waals surface area (Å²) < 4.78 is 0. The number of hydrogen-bond acceptors (Lipinski definition) is 1. The Kier molecular flexibility index (Phi) is 3.18.